The van der Waals surface area contributed by atoms with E-state index in [4.69, 9.17) is 10.0 Å². The molecule has 0 unspecified atom stereocenters. The van der Waals surface area contributed by atoms with Gasteiger partial charge >= 0.3 is 7.32 Å². The molecule has 0 aromatic carbocycles. The second kappa shape index (κ2) is 3.05. The van der Waals surface area contributed by atoms with Gasteiger partial charge in [-0.15, -0.1) is 11.3 Å². The Balaban J connectivity index is 2.58. The molecule has 3 nitrogen and oxygen atoms in total. The summed E-state index contributed by atoms with van der Waals surface area (Å²) in [4.78, 5) is 1.08. The van der Waals surface area contributed by atoms with Crippen molar-refractivity contribution in [1.29, 1.82) is 0 Å². The minimum absolute atomic E-state index is 0.521. The average Bonchev–Trinajstić information content (AvgIpc) is 2.13. The summed E-state index contributed by atoms with van der Waals surface area (Å²) in [5.41, 5.74) is 0. The van der Waals surface area contributed by atoms with Crippen LogP contribution in [0.5, 0.6) is 5.06 Å². The van der Waals surface area contributed by atoms with E-state index < -0.39 is 7.32 Å². The fraction of sp³-hybridized carbons (Fsp3) is 0.200. The minimum Gasteiger partial charge on any atom is -0.504 e. The van der Waals surface area contributed by atoms with Crippen LogP contribution in [-0.2, 0) is 0 Å². The van der Waals surface area contributed by atoms with Crippen LogP contribution in [-0.4, -0.2) is 17.4 Å². The molecular weight excluding hydrogens is 151 g/mol. The molecule has 5 heteroatoms. The van der Waals surface area contributed by atoms with Gasteiger partial charge in [-0.25, -0.2) is 0 Å². The molecule has 0 bridgehead atoms. The van der Waals surface area contributed by atoms with E-state index in [2.05, 4.69) is 4.65 Å². The first-order chi connectivity index (χ1) is 4.68. The van der Waals surface area contributed by atoms with Crippen LogP contribution < -0.4 is 4.65 Å². The maximum absolute atomic E-state index is 8.36. The summed E-state index contributed by atoms with van der Waals surface area (Å²) in [5, 5.41) is 17.2. The summed E-state index contributed by atoms with van der Waals surface area (Å²) >= 11 is 1.37. The molecule has 1 aromatic rings. The van der Waals surface area contributed by atoms with Crippen molar-refractivity contribution in [1.82, 2.24) is 0 Å². The summed E-state index contributed by atoms with van der Waals surface area (Å²) in [6.07, 6.45) is 0. The number of rotatable bonds is 2. The van der Waals surface area contributed by atoms with Crippen molar-refractivity contribution in [3.63, 3.8) is 0 Å². The van der Waals surface area contributed by atoms with E-state index >= 15 is 0 Å². The van der Waals surface area contributed by atoms with Gasteiger partial charge in [0, 0.05) is 4.88 Å². The minimum atomic E-state index is -1.71. The molecule has 2 N–H and O–H groups in total. The molecule has 10 heavy (non-hydrogen) atoms. The Hall–Kier alpha value is -0.515. The zero-order chi connectivity index (χ0) is 7.56. The lowest BCUT2D eigenvalue weighted by molar-refractivity contribution is 0.292. The highest BCUT2D eigenvalue weighted by molar-refractivity contribution is 7.13. The van der Waals surface area contributed by atoms with Crippen molar-refractivity contribution < 1.29 is 14.7 Å². The molecule has 0 saturated heterocycles. The predicted molar refractivity (Wildman–Crippen MR) is 39.9 cm³/mol. The SMILES string of the molecule is Cc1ccc(OB(O)O)s1. The summed E-state index contributed by atoms with van der Waals surface area (Å²) in [5.74, 6) is 0. The molecule has 54 valence electrons. The molecular formula is C5H7BO3S. The van der Waals surface area contributed by atoms with Crippen molar-refractivity contribution >= 4 is 18.7 Å². The van der Waals surface area contributed by atoms with Gasteiger partial charge in [0.2, 0.25) is 0 Å². The maximum Gasteiger partial charge on any atom is 0.708 e. The first-order valence-electron chi connectivity index (χ1n) is 2.78. The molecule has 0 fully saturated rings. The van der Waals surface area contributed by atoms with Crippen LogP contribution >= 0.6 is 11.3 Å². The van der Waals surface area contributed by atoms with Crippen molar-refractivity contribution in [2.45, 2.75) is 6.92 Å². The third-order valence-electron chi connectivity index (χ3n) is 0.937. The van der Waals surface area contributed by atoms with Gasteiger partial charge in [-0.2, -0.15) is 0 Å². The summed E-state index contributed by atoms with van der Waals surface area (Å²) in [7, 11) is -1.71. The van der Waals surface area contributed by atoms with Crippen LogP contribution in [0.15, 0.2) is 12.1 Å². The maximum atomic E-state index is 8.36. The van der Waals surface area contributed by atoms with Gasteiger partial charge in [-0.1, -0.05) is 0 Å². The van der Waals surface area contributed by atoms with Crippen molar-refractivity contribution in [2.75, 3.05) is 0 Å². The summed E-state index contributed by atoms with van der Waals surface area (Å²) in [6.45, 7) is 1.92. The lowest BCUT2D eigenvalue weighted by Crippen LogP contribution is -2.19. The third-order valence-corrected chi connectivity index (χ3v) is 1.83. The van der Waals surface area contributed by atoms with Gasteiger partial charge in [0.1, 0.15) is 0 Å². The molecule has 0 saturated carbocycles. The van der Waals surface area contributed by atoms with E-state index in [1.807, 2.05) is 13.0 Å². The molecule has 1 heterocycles. The van der Waals surface area contributed by atoms with Crippen LogP contribution in [0.2, 0.25) is 0 Å². The van der Waals surface area contributed by atoms with Crippen LogP contribution in [0.4, 0.5) is 0 Å². The highest BCUT2D eigenvalue weighted by Crippen LogP contribution is 2.23. The highest BCUT2D eigenvalue weighted by atomic mass is 32.1. The molecule has 1 rings (SSSR count). The number of hydrogen-bond donors (Lipinski definition) is 2. The Morgan fingerprint density at radius 2 is 2.20 bits per heavy atom. The van der Waals surface area contributed by atoms with Gasteiger partial charge in [-0.05, 0) is 19.1 Å². The lowest BCUT2D eigenvalue weighted by atomic mass is 10.3. The number of hydrogen-bond acceptors (Lipinski definition) is 4. The number of aryl methyl sites for hydroxylation is 1. The Kier molecular flexibility index (Phi) is 2.31. The van der Waals surface area contributed by atoms with Crippen LogP contribution in [0.1, 0.15) is 4.88 Å². The van der Waals surface area contributed by atoms with Crippen LogP contribution in [0.3, 0.4) is 0 Å². The van der Waals surface area contributed by atoms with E-state index in [0.717, 1.165) is 4.88 Å². The predicted octanol–water partition coefficient (Wildman–Crippen LogP) is 0.405. The fourth-order valence-electron chi connectivity index (χ4n) is 0.579. The fourth-order valence-corrected chi connectivity index (χ4v) is 1.30. The largest absolute Gasteiger partial charge is 0.708 e. The molecule has 0 radical (unpaired) electrons. The normalized spacial score (nSPS) is 9.50. The van der Waals surface area contributed by atoms with Crippen LogP contribution in [0, 0.1) is 6.92 Å². The average molecular weight is 158 g/mol. The van der Waals surface area contributed by atoms with Gasteiger partial charge in [0.05, 0.1) is 0 Å². The molecule has 0 atom stereocenters. The second-order valence-electron chi connectivity index (χ2n) is 1.81. The zero-order valence-corrected chi connectivity index (χ0v) is 6.26. The molecule has 0 amide bonds. The lowest BCUT2D eigenvalue weighted by Gasteiger charge is -1.97. The van der Waals surface area contributed by atoms with Crippen molar-refractivity contribution in [3.05, 3.63) is 17.0 Å². The second-order valence-corrected chi connectivity index (χ2v) is 3.06. The Morgan fingerprint density at radius 3 is 2.60 bits per heavy atom. The van der Waals surface area contributed by atoms with E-state index in [0.29, 0.717) is 5.06 Å². The van der Waals surface area contributed by atoms with Gasteiger partial charge in [0.15, 0.2) is 5.06 Å². The first kappa shape index (κ1) is 7.59. The molecule has 0 aliphatic heterocycles. The monoisotopic (exact) mass is 158 g/mol. The molecule has 0 aliphatic carbocycles. The van der Waals surface area contributed by atoms with Crippen molar-refractivity contribution in [2.24, 2.45) is 0 Å². The van der Waals surface area contributed by atoms with Crippen molar-refractivity contribution in [3.8, 4) is 5.06 Å². The Bertz CT molecular complexity index is 210. The first-order valence-corrected chi connectivity index (χ1v) is 3.59. The zero-order valence-electron chi connectivity index (χ0n) is 5.44. The van der Waals surface area contributed by atoms with E-state index in [1.165, 1.54) is 11.3 Å². The third kappa shape index (κ3) is 2.02. The summed E-state index contributed by atoms with van der Waals surface area (Å²) in [6, 6.07) is 3.54. The van der Waals surface area contributed by atoms with E-state index in [-0.39, 0.29) is 0 Å². The Morgan fingerprint density at radius 1 is 1.50 bits per heavy atom. The van der Waals surface area contributed by atoms with Gasteiger partial charge in [0.25, 0.3) is 0 Å². The topological polar surface area (TPSA) is 49.7 Å². The molecule has 1 aromatic heterocycles. The smallest absolute Gasteiger partial charge is 0.504 e. The highest BCUT2D eigenvalue weighted by Gasteiger charge is 2.11. The molecule has 0 spiro atoms. The Labute approximate surface area is 63.1 Å². The van der Waals surface area contributed by atoms with Gasteiger partial charge < -0.3 is 14.7 Å². The van der Waals surface area contributed by atoms with E-state index in [1.54, 1.807) is 6.07 Å². The standard InChI is InChI=1S/C5H7BO3S/c1-4-2-3-5(10-4)9-6(7)8/h2-3,7-8H,1H3. The molecule has 0 aliphatic rings. The summed E-state index contributed by atoms with van der Waals surface area (Å²) < 4.78 is 4.56. The number of thiophene rings is 1. The van der Waals surface area contributed by atoms with Crippen LogP contribution in [0.25, 0.3) is 0 Å². The quantitative estimate of drug-likeness (QED) is 0.612. The van der Waals surface area contributed by atoms with Gasteiger partial charge in [-0.3, -0.25) is 0 Å². The van der Waals surface area contributed by atoms with E-state index in [9.17, 15) is 0 Å².